The predicted molar refractivity (Wildman–Crippen MR) is 112 cm³/mol. The summed E-state index contributed by atoms with van der Waals surface area (Å²) in [6.45, 7) is 3.98. The largest absolute Gasteiger partial charge is 0.493 e. The molecule has 1 aromatic carbocycles. The van der Waals surface area contributed by atoms with Gasteiger partial charge in [-0.05, 0) is 49.3 Å². The molecule has 1 aliphatic heterocycles. The third-order valence-corrected chi connectivity index (χ3v) is 5.89. The van der Waals surface area contributed by atoms with Gasteiger partial charge in [-0.25, -0.2) is 0 Å². The summed E-state index contributed by atoms with van der Waals surface area (Å²) in [5.41, 5.74) is 1.11. The molecule has 1 aliphatic rings. The van der Waals surface area contributed by atoms with E-state index in [0.29, 0.717) is 39.0 Å². The van der Waals surface area contributed by atoms with E-state index in [1.807, 2.05) is 53.6 Å². The molecular formula is C22H28N2O3S. The van der Waals surface area contributed by atoms with Crippen molar-refractivity contribution in [3.05, 3.63) is 52.2 Å². The van der Waals surface area contributed by atoms with E-state index < -0.39 is 0 Å². The number of amides is 2. The number of nitrogens with zero attached hydrogens (tertiary/aromatic N) is 1. The topological polar surface area (TPSA) is 58.6 Å². The maximum absolute atomic E-state index is 12.4. The van der Waals surface area contributed by atoms with Crippen molar-refractivity contribution in [2.45, 2.75) is 45.1 Å². The zero-order chi connectivity index (χ0) is 19.8. The first kappa shape index (κ1) is 20.4. The van der Waals surface area contributed by atoms with E-state index in [9.17, 15) is 9.59 Å². The number of ether oxygens (including phenoxy) is 1. The molecule has 0 radical (unpaired) electrons. The molecule has 0 saturated carbocycles. The normalized spacial score (nSPS) is 14.7. The molecule has 0 aliphatic carbocycles. The highest BCUT2D eigenvalue weighted by Gasteiger charge is 2.23. The Labute approximate surface area is 170 Å². The van der Waals surface area contributed by atoms with Gasteiger partial charge in [0.25, 0.3) is 0 Å². The van der Waals surface area contributed by atoms with E-state index in [1.54, 1.807) is 11.3 Å². The number of para-hydroxylation sites is 1. The second kappa shape index (κ2) is 10.3. The smallest absolute Gasteiger partial charge is 0.225 e. The Kier molecular flexibility index (Phi) is 7.48. The molecule has 2 aromatic rings. The molecule has 6 heteroatoms. The standard InChI is InChI=1S/C22H28N2O3S/c1-17-6-2-3-8-20(17)27-14-4-9-22(26)24-12-10-18(11-13-24)23-21(25)16-19-7-5-15-28-19/h2-3,5-8,15,18H,4,9-14,16H2,1H3,(H,23,25). The van der Waals surface area contributed by atoms with Crippen LogP contribution in [0.1, 0.15) is 36.1 Å². The molecule has 1 N–H and O–H groups in total. The van der Waals surface area contributed by atoms with Crippen LogP contribution < -0.4 is 10.1 Å². The van der Waals surface area contributed by atoms with Crippen LogP contribution in [0.5, 0.6) is 5.75 Å². The lowest BCUT2D eigenvalue weighted by Crippen LogP contribution is -2.46. The molecule has 1 aromatic heterocycles. The van der Waals surface area contributed by atoms with Gasteiger partial charge >= 0.3 is 0 Å². The quantitative estimate of drug-likeness (QED) is 0.689. The highest BCUT2D eigenvalue weighted by molar-refractivity contribution is 7.10. The zero-order valence-electron chi connectivity index (χ0n) is 16.4. The second-order valence-electron chi connectivity index (χ2n) is 7.20. The summed E-state index contributed by atoms with van der Waals surface area (Å²) in [5, 5.41) is 5.09. The van der Waals surface area contributed by atoms with Gasteiger partial charge in [0.05, 0.1) is 13.0 Å². The van der Waals surface area contributed by atoms with Gasteiger partial charge in [-0.15, -0.1) is 11.3 Å². The highest BCUT2D eigenvalue weighted by Crippen LogP contribution is 2.17. The highest BCUT2D eigenvalue weighted by atomic mass is 32.1. The Morgan fingerprint density at radius 3 is 2.68 bits per heavy atom. The van der Waals surface area contributed by atoms with Crippen molar-refractivity contribution in [2.24, 2.45) is 0 Å². The molecule has 0 atom stereocenters. The van der Waals surface area contributed by atoms with Crippen LogP contribution in [0.15, 0.2) is 41.8 Å². The Bertz CT molecular complexity index is 768. The molecule has 150 valence electrons. The molecule has 5 nitrogen and oxygen atoms in total. The number of aryl methyl sites for hydroxylation is 1. The van der Waals surface area contributed by atoms with Gasteiger partial charge in [0, 0.05) is 30.4 Å². The molecule has 0 spiro atoms. The van der Waals surface area contributed by atoms with Gasteiger partial charge < -0.3 is 15.0 Å². The minimum atomic E-state index is 0.0700. The molecular weight excluding hydrogens is 372 g/mol. The fraction of sp³-hybridized carbons (Fsp3) is 0.455. The van der Waals surface area contributed by atoms with Gasteiger partial charge in [-0.1, -0.05) is 24.3 Å². The Hall–Kier alpha value is -2.34. The van der Waals surface area contributed by atoms with Crippen molar-refractivity contribution >= 4 is 23.2 Å². The number of likely N-dealkylation sites (tertiary alicyclic amines) is 1. The van der Waals surface area contributed by atoms with Crippen molar-refractivity contribution in [1.82, 2.24) is 10.2 Å². The monoisotopic (exact) mass is 400 g/mol. The molecule has 28 heavy (non-hydrogen) atoms. The fourth-order valence-electron chi connectivity index (χ4n) is 3.41. The average molecular weight is 401 g/mol. The average Bonchev–Trinajstić information content (AvgIpc) is 3.19. The minimum Gasteiger partial charge on any atom is -0.493 e. The van der Waals surface area contributed by atoms with Gasteiger partial charge in [0.2, 0.25) is 11.8 Å². The predicted octanol–water partition coefficient (Wildman–Crippen LogP) is 3.57. The van der Waals surface area contributed by atoms with Crippen molar-refractivity contribution in [2.75, 3.05) is 19.7 Å². The van der Waals surface area contributed by atoms with Crippen LogP contribution in [-0.4, -0.2) is 42.5 Å². The van der Waals surface area contributed by atoms with E-state index in [0.717, 1.165) is 29.0 Å². The van der Waals surface area contributed by atoms with Gasteiger partial charge in [0.1, 0.15) is 5.75 Å². The Balaban J connectivity index is 1.31. The molecule has 1 saturated heterocycles. The summed E-state index contributed by atoms with van der Waals surface area (Å²) < 4.78 is 5.76. The number of thiophene rings is 1. The van der Waals surface area contributed by atoms with Crippen LogP contribution in [0.4, 0.5) is 0 Å². The maximum Gasteiger partial charge on any atom is 0.225 e. The lowest BCUT2D eigenvalue weighted by Gasteiger charge is -2.32. The second-order valence-corrected chi connectivity index (χ2v) is 8.23. The molecule has 1 fully saturated rings. The maximum atomic E-state index is 12.4. The number of hydrogen-bond acceptors (Lipinski definition) is 4. The number of hydrogen-bond donors (Lipinski definition) is 1. The van der Waals surface area contributed by atoms with Crippen LogP contribution in [0, 0.1) is 6.92 Å². The van der Waals surface area contributed by atoms with Crippen LogP contribution in [0.2, 0.25) is 0 Å². The molecule has 0 bridgehead atoms. The summed E-state index contributed by atoms with van der Waals surface area (Å²) in [6, 6.07) is 12.0. The number of piperidine rings is 1. The van der Waals surface area contributed by atoms with Gasteiger partial charge in [0.15, 0.2) is 0 Å². The molecule has 0 unspecified atom stereocenters. The van der Waals surface area contributed by atoms with E-state index in [2.05, 4.69) is 5.32 Å². The first-order valence-corrected chi connectivity index (χ1v) is 10.8. The van der Waals surface area contributed by atoms with E-state index in [4.69, 9.17) is 4.74 Å². The number of benzene rings is 1. The summed E-state index contributed by atoms with van der Waals surface area (Å²) in [6.07, 6.45) is 3.30. The van der Waals surface area contributed by atoms with Crippen molar-refractivity contribution < 1.29 is 14.3 Å². The lowest BCUT2D eigenvalue weighted by atomic mass is 10.0. The number of nitrogens with one attached hydrogen (secondary N) is 1. The molecule has 3 rings (SSSR count). The van der Waals surface area contributed by atoms with Crippen LogP contribution in [0.25, 0.3) is 0 Å². The minimum absolute atomic E-state index is 0.0700. The molecule has 2 heterocycles. The lowest BCUT2D eigenvalue weighted by molar-refractivity contribution is -0.132. The van der Waals surface area contributed by atoms with Crippen LogP contribution in [-0.2, 0) is 16.0 Å². The summed E-state index contributed by atoms with van der Waals surface area (Å²) >= 11 is 1.60. The van der Waals surface area contributed by atoms with Crippen LogP contribution >= 0.6 is 11.3 Å². The molecule has 2 amide bonds. The first-order valence-electron chi connectivity index (χ1n) is 9.90. The number of rotatable bonds is 8. The summed E-state index contributed by atoms with van der Waals surface area (Å²) in [5.74, 6) is 1.13. The fourth-order valence-corrected chi connectivity index (χ4v) is 4.11. The SMILES string of the molecule is Cc1ccccc1OCCCC(=O)N1CCC(NC(=O)Cc2cccs2)CC1. The van der Waals surface area contributed by atoms with Crippen LogP contribution in [0.3, 0.4) is 0 Å². The van der Waals surface area contributed by atoms with E-state index in [-0.39, 0.29) is 17.9 Å². The van der Waals surface area contributed by atoms with Crippen molar-refractivity contribution in [3.63, 3.8) is 0 Å². The summed E-state index contributed by atoms with van der Waals surface area (Å²) in [4.78, 5) is 27.5. The van der Waals surface area contributed by atoms with Gasteiger partial charge in [-0.2, -0.15) is 0 Å². The van der Waals surface area contributed by atoms with Crippen molar-refractivity contribution in [1.29, 1.82) is 0 Å². The number of carbonyl (C=O) groups is 2. The third kappa shape index (κ3) is 6.09. The number of carbonyl (C=O) groups excluding carboxylic acids is 2. The third-order valence-electron chi connectivity index (χ3n) is 5.01. The van der Waals surface area contributed by atoms with Gasteiger partial charge in [-0.3, -0.25) is 9.59 Å². The zero-order valence-corrected chi connectivity index (χ0v) is 17.2. The first-order chi connectivity index (χ1) is 13.6. The van der Waals surface area contributed by atoms with Crippen molar-refractivity contribution in [3.8, 4) is 5.75 Å². The van der Waals surface area contributed by atoms with E-state index >= 15 is 0 Å². The Morgan fingerprint density at radius 1 is 1.18 bits per heavy atom. The summed E-state index contributed by atoms with van der Waals surface area (Å²) in [7, 11) is 0. The van der Waals surface area contributed by atoms with E-state index in [1.165, 1.54) is 0 Å². The Morgan fingerprint density at radius 2 is 1.96 bits per heavy atom.